The minimum atomic E-state index is -1.43. The molecule has 2 fully saturated rings. The lowest BCUT2D eigenvalue weighted by Gasteiger charge is -2.35. The molecule has 0 aliphatic heterocycles. The molecule has 0 radical (unpaired) electrons. The Balaban J connectivity index is 2.34. The predicted molar refractivity (Wildman–Crippen MR) is 107 cm³/mol. The van der Waals surface area contributed by atoms with E-state index >= 15 is 0 Å². The number of rotatable bonds is 3. The first-order valence-corrected chi connectivity index (χ1v) is 10.1. The van der Waals surface area contributed by atoms with Crippen molar-refractivity contribution >= 4 is 18.0 Å². The van der Waals surface area contributed by atoms with E-state index in [-0.39, 0.29) is 12.3 Å². The van der Waals surface area contributed by atoms with E-state index in [1.165, 1.54) is 0 Å². The van der Waals surface area contributed by atoms with Crippen molar-refractivity contribution in [3.8, 4) is 0 Å². The maximum absolute atomic E-state index is 13.2. The van der Waals surface area contributed by atoms with Crippen LogP contribution in [0.5, 0.6) is 0 Å². The summed E-state index contributed by atoms with van der Waals surface area (Å²) >= 11 is 0. The fourth-order valence-electron chi connectivity index (χ4n) is 4.08. The monoisotopic (exact) mass is 412 g/mol. The van der Waals surface area contributed by atoms with Gasteiger partial charge in [-0.05, 0) is 74.7 Å². The first-order chi connectivity index (χ1) is 12.9. The van der Waals surface area contributed by atoms with Crippen molar-refractivity contribution < 1.29 is 28.6 Å². The van der Waals surface area contributed by atoms with Gasteiger partial charge in [-0.2, -0.15) is 0 Å². The zero-order valence-electron chi connectivity index (χ0n) is 19.0. The first-order valence-electron chi connectivity index (χ1n) is 10.1. The van der Waals surface area contributed by atoms with E-state index in [1.54, 1.807) is 62.3 Å². The van der Waals surface area contributed by atoms with Crippen LogP contribution in [0.2, 0.25) is 0 Å². The number of carbonyl (C=O) groups is 3. The molecule has 8 nitrogen and oxygen atoms in total. The zero-order valence-corrected chi connectivity index (χ0v) is 19.0. The minimum Gasteiger partial charge on any atom is -0.460 e. The van der Waals surface area contributed by atoms with Crippen molar-refractivity contribution in [2.45, 2.75) is 97.1 Å². The minimum absolute atomic E-state index is 0.176. The van der Waals surface area contributed by atoms with Crippen LogP contribution in [0.4, 0.5) is 4.79 Å². The molecule has 0 saturated heterocycles. The van der Waals surface area contributed by atoms with Crippen LogP contribution in [0, 0.1) is 17.8 Å². The van der Waals surface area contributed by atoms with Gasteiger partial charge in [0.25, 0.3) is 0 Å². The van der Waals surface area contributed by atoms with E-state index in [0.717, 1.165) is 0 Å². The highest BCUT2D eigenvalue weighted by Crippen LogP contribution is 2.62. The largest absolute Gasteiger partial charge is 0.460 e. The summed E-state index contributed by atoms with van der Waals surface area (Å²) < 4.78 is 16.5. The molecule has 3 N–H and O–H groups in total. The van der Waals surface area contributed by atoms with Crippen LogP contribution in [0.1, 0.15) is 68.7 Å². The summed E-state index contributed by atoms with van der Waals surface area (Å²) in [7, 11) is 0. The van der Waals surface area contributed by atoms with E-state index < -0.39 is 58.3 Å². The van der Waals surface area contributed by atoms with Crippen molar-refractivity contribution in [2.24, 2.45) is 23.5 Å². The van der Waals surface area contributed by atoms with Crippen molar-refractivity contribution in [1.29, 1.82) is 0 Å². The molecule has 2 rings (SSSR count). The van der Waals surface area contributed by atoms with Crippen LogP contribution in [-0.4, -0.2) is 46.4 Å². The standard InChI is InChI=1S/C21H36N2O6/c1-18(2,3)27-15(24)13-12-11(22)10-21(14(12)13,16(25)28-19(4,5)6)23-17(26)29-20(7,8)9/h11-14H,10,22H2,1-9H3,(H,23,26)/t11-,12-,13-,14-,21-/m0/s1. The van der Waals surface area contributed by atoms with Gasteiger partial charge in [0, 0.05) is 12.0 Å². The first kappa shape index (κ1) is 23.4. The molecule has 0 aromatic carbocycles. The fourth-order valence-corrected chi connectivity index (χ4v) is 4.08. The lowest BCUT2D eigenvalue weighted by atomic mass is 9.88. The smallest absolute Gasteiger partial charge is 0.408 e. The number of alkyl carbamates (subject to hydrolysis) is 1. The number of nitrogens with one attached hydrogen (secondary N) is 1. The van der Waals surface area contributed by atoms with Crippen molar-refractivity contribution in [2.75, 3.05) is 0 Å². The van der Waals surface area contributed by atoms with Gasteiger partial charge >= 0.3 is 18.0 Å². The Labute approximate surface area is 173 Å². The number of nitrogens with two attached hydrogens (primary N) is 1. The third-order valence-electron chi connectivity index (χ3n) is 4.86. The number of esters is 2. The molecule has 0 heterocycles. The fraction of sp³-hybridized carbons (Fsp3) is 0.857. The normalized spacial score (nSPS) is 31.5. The molecule has 5 atom stereocenters. The van der Waals surface area contributed by atoms with Crippen LogP contribution in [0.3, 0.4) is 0 Å². The second-order valence-corrected chi connectivity index (χ2v) is 11.1. The highest BCUT2D eigenvalue weighted by molar-refractivity contribution is 5.91. The molecule has 2 aliphatic carbocycles. The van der Waals surface area contributed by atoms with Crippen molar-refractivity contribution in [3.05, 3.63) is 0 Å². The summed E-state index contributed by atoms with van der Waals surface area (Å²) in [4.78, 5) is 38.5. The average Bonchev–Trinajstić information content (AvgIpc) is 3.10. The molecular formula is C21H36N2O6. The Kier molecular flexibility index (Phi) is 5.78. The second kappa shape index (κ2) is 7.15. The number of hydrogen-bond acceptors (Lipinski definition) is 7. The Morgan fingerprint density at radius 1 is 0.862 bits per heavy atom. The number of amides is 1. The van der Waals surface area contributed by atoms with Gasteiger partial charge in [-0.15, -0.1) is 0 Å². The molecule has 0 unspecified atom stereocenters. The highest BCUT2D eigenvalue weighted by atomic mass is 16.6. The molecule has 2 aliphatic rings. The van der Waals surface area contributed by atoms with Crippen LogP contribution >= 0.6 is 0 Å². The summed E-state index contributed by atoms with van der Waals surface area (Å²) in [5, 5.41) is 2.72. The number of fused-ring (bicyclic) bond motifs is 1. The summed E-state index contributed by atoms with van der Waals surface area (Å²) in [6.07, 6.45) is -0.568. The van der Waals surface area contributed by atoms with Gasteiger partial charge in [-0.1, -0.05) is 0 Å². The topological polar surface area (TPSA) is 117 Å². The molecule has 8 heteroatoms. The third-order valence-corrected chi connectivity index (χ3v) is 4.86. The van der Waals surface area contributed by atoms with Crippen LogP contribution in [0.25, 0.3) is 0 Å². The number of hydrogen-bond donors (Lipinski definition) is 2. The van der Waals surface area contributed by atoms with Gasteiger partial charge in [-0.25, -0.2) is 9.59 Å². The van der Waals surface area contributed by atoms with Gasteiger partial charge in [0.1, 0.15) is 22.3 Å². The quantitative estimate of drug-likeness (QED) is 0.540. The molecule has 0 aromatic heterocycles. The molecule has 0 aromatic rings. The van der Waals surface area contributed by atoms with Crippen molar-refractivity contribution in [3.63, 3.8) is 0 Å². The molecule has 1 amide bonds. The number of carbonyl (C=O) groups excluding carboxylic acids is 3. The van der Waals surface area contributed by atoms with E-state index in [2.05, 4.69) is 5.32 Å². The molecular weight excluding hydrogens is 376 g/mol. The van der Waals surface area contributed by atoms with Crippen LogP contribution in [0.15, 0.2) is 0 Å². The lowest BCUT2D eigenvalue weighted by Crippen LogP contribution is -2.59. The van der Waals surface area contributed by atoms with E-state index in [1.807, 2.05) is 0 Å². The van der Waals surface area contributed by atoms with Gasteiger partial charge < -0.3 is 25.3 Å². The van der Waals surface area contributed by atoms with Gasteiger partial charge in [0.05, 0.1) is 5.92 Å². The van der Waals surface area contributed by atoms with Gasteiger partial charge in [0.15, 0.2) is 0 Å². The second-order valence-electron chi connectivity index (χ2n) is 11.1. The van der Waals surface area contributed by atoms with Crippen molar-refractivity contribution in [1.82, 2.24) is 5.32 Å². The van der Waals surface area contributed by atoms with Crippen LogP contribution in [-0.2, 0) is 23.8 Å². The lowest BCUT2D eigenvalue weighted by molar-refractivity contribution is -0.165. The van der Waals surface area contributed by atoms with E-state index in [9.17, 15) is 14.4 Å². The Morgan fingerprint density at radius 3 is 1.79 bits per heavy atom. The maximum atomic E-state index is 13.2. The Morgan fingerprint density at radius 2 is 1.34 bits per heavy atom. The third kappa shape index (κ3) is 5.41. The summed E-state index contributed by atoms with van der Waals surface area (Å²) in [5.41, 5.74) is 2.69. The van der Waals surface area contributed by atoms with E-state index in [4.69, 9.17) is 19.9 Å². The van der Waals surface area contributed by atoms with E-state index in [0.29, 0.717) is 0 Å². The predicted octanol–water partition coefficient (Wildman–Crippen LogP) is 2.53. The highest BCUT2D eigenvalue weighted by Gasteiger charge is 2.76. The molecule has 29 heavy (non-hydrogen) atoms. The SMILES string of the molecule is CC(C)(C)OC(=O)N[C@@]1(C(=O)OC(C)(C)C)C[C@H](N)[C@H]2[C@H](C(=O)OC(C)(C)C)[C@H]21. The zero-order chi connectivity index (χ0) is 22.6. The summed E-state index contributed by atoms with van der Waals surface area (Å²) in [6, 6.07) is -0.444. The number of ether oxygens (including phenoxy) is 3. The average molecular weight is 413 g/mol. The molecule has 166 valence electrons. The Hall–Kier alpha value is -1.83. The van der Waals surface area contributed by atoms with Gasteiger partial charge in [0.2, 0.25) is 0 Å². The van der Waals surface area contributed by atoms with Crippen LogP contribution < -0.4 is 11.1 Å². The Bertz CT molecular complexity index is 685. The molecule has 2 saturated carbocycles. The maximum Gasteiger partial charge on any atom is 0.408 e. The molecule has 0 spiro atoms. The summed E-state index contributed by atoms with van der Waals surface area (Å²) in [6.45, 7) is 15.8. The molecule has 0 bridgehead atoms. The summed E-state index contributed by atoms with van der Waals surface area (Å²) in [5.74, 6) is -2.34. The van der Waals surface area contributed by atoms with Gasteiger partial charge in [-0.3, -0.25) is 4.79 Å².